The van der Waals surface area contributed by atoms with Gasteiger partial charge in [0.25, 0.3) is 5.69 Å². The highest BCUT2D eigenvalue weighted by atomic mass is 32.1. The first-order valence-corrected chi connectivity index (χ1v) is 8.55. The van der Waals surface area contributed by atoms with Gasteiger partial charge in [-0.15, -0.1) is 0 Å². The summed E-state index contributed by atoms with van der Waals surface area (Å²) in [6.07, 6.45) is 6.82. The number of thiocarbonyl (C=S) groups is 1. The Labute approximate surface area is 133 Å². The highest BCUT2D eigenvalue weighted by Crippen LogP contribution is 2.54. The van der Waals surface area contributed by atoms with Crippen LogP contribution in [0.3, 0.4) is 0 Å². The molecule has 0 radical (unpaired) electrons. The van der Waals surface area contributed by atoms with Gasteiger partial charge in [-0.25, -0.2) is 4.57 Å². The molecule has 0 unspecified atom stereocenters. The molecule has 1 aliphatic rings. The SMILES string of the molecule is CCO[P@@](=O)(Oc1ccc([N+](=O)[O-])cc1)[C@@H]1C=CC=CC1=S. The van der Waals surface area contributed by atoms with E-state index in [2.05, 4.69) is 0 Å². The van der Waals surface area contributed by atoms with E-state index in [4.69, 9.17) is 21.3 Å². The van der Waals surface area contributed by atoms with E-state index in [1.54, 1.807) is 31.2 Å². The van der Waals surface area contributed by atoms with Crippen molar-refractivity contribution < 1.29 is 18.5 Å². The Morgan fingerprint density at radius 1 is 1.32 bits per heavy atom. The van der Waals surface area contributed by atoms with Gasteiger partial charge in [-0.3, -0.25) is 14.6 Å². The summed E-state index contributed by atoms with van der Waals surface area (Å²) in [4.78, 5) is 10.6. The van der Waals surface area contributed by atoms with Gasteiger partial charge in [0.1, 0.15) is 11.4 Å². The molecule has 0 fully saturated rings. The Kier molecular flexibility index (Phi) is 5.24. The van der Waals surface area contributed by atoms with Crippen molar-refractivity contribution in [3.63, 3.8) is 0 Å². The second kappa shape index (κ2) is 6.96. The summed E-state index contributed by atoms with van der Waals surface area (Å²) in [6, 6.07) is 5.32. The molecule has 8 heteroatoms. The molecule has 0 saturated heterocycles. The number of hydrogen-bond donors (Lipinski definition) is 0. The van der Waals surface area contributed by atoms with Crippen LogP contribution in [0, 0.1) is 10.1 Å². The van der Waals surface area contributed by atoms with Gasteiger partial charge < -0.3 is 4.52 Å². The van der Waals surface area contributed by atoms with E-state index < -0.39 is 18.2 Å². The molecule has 1 aromatic carbocycles. The molecule has 0 heterocycles. The standard InChI is InChI=1S/C14H14NO5PS/c1-2-19-21(18,13-5-3-4-6-14(13)22)20-12-9-7-11(8-10-12)15(16)17/h3-10,13H,2H2,1H3/t13-,21-/m1/s1. The van der Waals surface area contributed by atoms with Crippen LogP contribution >= 0.6 is 19.8 Å². The number of nitro groups is 1. The topological polar surface area (TPSA) is 78.7 Å². The van der Waals surface area contributed by atoms with Crippen LogP contribution in [0.1, 0.15) is 6.92 Å². The van der Waals surface area contributed by atoms with Crippen LogP contribution < -0.4 is 4.52 Å². The monoisotopic (exact) mass is 339 g/mol. The Hall–Kier alpha value is -1.82. The Balaban J connectivity index is 2.26. The van der Waals surface area contributed by atoms with Gasteiger partial charge in [0, 0.05) is 17.0 Å². The van der Waals surface area contributed by atoms with Crippen LogP contribution in [0.2, 0.25) is 0 Å². The van der Waals surface area contributed by atoms with Crippen LogP contribution in [0.15, 0.2) is 48.6 Å². The molecule has 2 atom stereocenters. The first-order chi connectivity index (χ1) is 10.5. The normalized spacial score (nSPS) is 19.7. The molecule has 22 heavy (non-hydrogen) atoms. The van der Waals surface area contributed by atoms with E-state index in [1.165, 1.54) is 24.3 Å². The number of nitro benzene ring substituents is 1. The van der Waals surface area contributed by atoms with Crippen LogP contribution in [0.5, 0.6) is 5.75 Å². The summed E-state index contributed by atoms with van der Waals surface area (Å²) >= 11 is 5.20. The predicted octanol–water partition coefficient (Wildman–Crippen LogP) is 4.07. The van der Waals surface area contributed by atoms with Crippen molar-refractivity contribution >= 4 is 30.4 Å². The van der Waals surface area contributed by atoms with E-state index in [1.807, 2.05) is 0 Å². The molecule has 1 aromatic rings. The van der Waals surface area contributed by atoms with Crippen LogP contribution in [0.25, 0.3) is 0 Å². The van der Waals surface area contributed by atoms with Crippen molar-refractivity contribution in [3.8, 4) is 5.75 Å². The zero-order valence-corrected chi connectivity index (χ0v) is 13.5. The first kappa shape index (κ1) is 16.5. The quantitative estimate of drug-likeness (QED) is 0.336. The predicted molar refractivity (Wildman–Crippen MR) is 87.6 cm³/mol. The zero-order chi connectivity index (χ0) is 16.2. The molecule has 0 aromatic heterocycles. The van der Waals surface area contributed by atoms with Crippen LogP contribution in [-0.2, 0) is 9.09 Å². The summed E-state index contributed by atoms with van der Waals surface area (Å²) < 4.78 is 23.9. The second-order valence-corrected chi connectivity index (χ2v) is 6.94. The van der Waals surface area contributed by atoms with Crippen LogP contribution in [-0.4, -0.2) is 22.1 Å². The fraction of sp³-hybridized carbons (Fsp3) is 0.214. The number of nitrogens with zero attached hydrogens (tertiary/aromatic N) is 1. The van der Waals surface area contributed by atoms with E-state index in [-0.39, 0.29) is 18.0 Å². The maximum atomic E-state index is 13.0. The lowest BCUT2D eigenvalue weighted by Gasteiger charge is -2.25. The van der Waals surface area contributed by atoms with E-state index in [0.29, 0.717) is 4.86 Å². The summed E-state index contributed by atoms with van der Waals surface area (Å²) in [5, 5.41) is 10.6. The van der Waals surface area contributed by atoms with Gasteiger partial charge >= 0.3 is 7.60 Å². The van der Waals surface area contributed by atoms with Crippen molar-refractivity contribution in [2.45, 2.75) is 12.6 Å². The summed E-state index contributed by atoms with van der Waals surface area (Å²) in [7, 11) is -3.56. The van der Waals surface area contributed by atoms with Crippen molar-refractivity contribution in [1.29, 1.82) is 0 Å². The second-order valence-electron chi connectivity index (χ2n) is 4.39. The molecule has 6 nitrogen and oxygen atoms in total. The third-order valence-corrected chi connectivity index (χ3v) is 5.67. The molecule has 116 valence electrons. The van der Waals surface area contributed by atoms with Crippen molar-refractivity contribution in [2.75, 3.05) is 6.61 Å². The summed E-state index contributed by atoms with van der Waals surface area (Å²) in [5.41, 5.74) is -0.725. The maximum Gasteiger partial charge on any atom is 0.391 e. The fourth-order valence-electron chi connectivity index (χ4n) is 1.89. The summed E-state index contributed by atoms with van der Waals surface area (Å²) in [6.45, 7) is 1.90. The van der Waals surface area contributed by atoms with E-state index >= 15 is 0 Å². The molecule has 0 bridgehead atoms. The third kappa shape index (κ3) is 3.68. The molecule has 0 spiro atoms. The van der Waals surface area contributed by atoms with Gasteiger partial charge in [-0.05, 0) is 25.1 Å². The first-order valence-electron chi connectivity index (χ1n) is 6.53. The number of benzene rings is 1. The van der Waals surface area contributed by atoms with Gasteiger partial charge in [0.15, 0.2) is 0 Å². The molecule has 0 saturated carbocycles. The molecule has 0 N–H and O–H groups in total. The van der Waals surface area contributed by atoms with Crippen LogP contribution in [0.4, 0.5) is 5.69 Å². The average Bonchev–Trinajstić information content (AvgIpc) is 2.48. The number of non-ortho nitro benzene ring substituents is 1. The number of allylic oxidation sites excluding steroid dienone is 4. The van der Waals surface area contributed by atoms with Gasteiger partial charge in [-0.2, -0.15) is 0 Å². The average molecular weight is 339 g/mol. The molecule has 2 rings (SSSR count). The van der Waals surface area contributed by atoms with E-state index in [0.717, 1.165) is 0 Å². The highest BCUT2D eigenvalue weighted by molar-refractivity contribution is 7.82. The van der Waals surface area contributed by atoms with Gasteiger partial charge in [-0.1, -0.05) is 30.4 Å². The molecular formula is C14H14NO5PS. The minimum absolute atomic E-state index is 0.0744. The lowest BCUT2D eigenvalue weighted by molar-refractivity contribution is -0.384. The Morgan fingerprint density at radius 3 is 2.55 bits per heavy atom. The maximum absolute atomic E-state index is 13.0. The highest BCUT2D eigenvalue weighted by Gasteiger charge is 2.38. The van der Waals surface area contributed by atoms with Crippen molar-refractivity contribution in [1.82, 2.24) is 0 Å². The number of hydrogen-bond acceptors (Lipinski definition) is 6. The van der Waals surface area contributed by atoms with Gasteiger partial charge in [0.2, 0.25) is 0 Å². The third-order valence-electron chi connectivity index (χ3n) is 2.89. The smallest absolute Gasteiger partial charge is 0.391 e. The lowest BCUT2D eigenvalue weighted by Crippen LogP contribution is -2.21. The molecular weight excluding hydrogens is 325 g/mol. The largest absolute Gasteiger partial charge is 0.424 e. The molecule has 0 amide bonds. The Bertz CT molecular complexity index is 683. The number of rotatable bonds is 6. The van der Waals surface area contributed by atoms with Gasteiger partial charge in [0.05, 0.1) is 11.5 Å². The molecule has 0 aliphatic heterocycles. The van der Waals surface area contributed by atoms with Crippen molar-refractivity contribution in [2.24, 2.45) is 0 Å². The van der Waals surface area contributed by atoms with Crippen molar-refractivity contribution in [3.05, 3.63) is 58.7 Å². The van der Waals surface area contributed by atoms with E-state index in [9.17, 15) is 14.7 Å². The Morgan fingerprint density at radius 2 is 2.00 bits per heavy atom. The zero-order valence-electron chi connectivity index (χ0n) is 11.7. The fourth-order valence-corrected chi connectivity index (χ4v) is 4.25. The lowest BCUT2D eigenvalue weighted by atomic mass is 10.2. The summed E-state index contributed by atoms with van der Waals surface area (Å²) in [5.74, 6) is 0.230. The minimum atomic E-state index is -3.56. The molecule has 1 aliphatic carbocycles. The minimum Gasteiger partial charge on any atom is -0.424 e.